The largest absolute Gasteiger partial charge is 0.375 e. The van der Waals surface area contributed by atoms with Crippen molar-refractivity contribution < 1.29 is 13.5 Å². The summed E-state index contributed by atoms with van der Waals surface area (Å²) in [4.78, 5) is 0. The standard InChI is InChI=1S/C12H14BrF2NO/c13-10-3-4-11(14)9(12(10)15)7-17-6-8-2-1-5-16-8/h3-4,8,16H,1-2,5-7H2. The normalized spacial score (nSPS) is 19.8. The molecule has 1 fully saturated rings. The molecule has 94 valence electrons. The number of hydrogen-bond donors (Lipinski definition) is 1. The first kappa shape index (κ1) is 12.9. The summed E-state index contributed by atoms with van der Waals surface area (Å²) < 4.78 is 32.6. The summed E-state index contributed by atoms with van der Waals surface area (Å²) in [5.74, 6) is -1.14. The Balaban J connectivity index is 1.91. The second-order valence-corrected chi connectivity index (χ2v) is 4.98. The van der Waals surface area contributed by atoms with Crippen LogP contribution >= 0.6 is 15.9 Å². The van der Waals surface area contributed by atoms with E-state index >= 15 is 0 Å². The molecule has 17 heavy (non-hydrogen) atoms. The second kappa shape index (κ2) is 5.89. The predicted molar refractivity (Wildman–Crippen MR) is 64.7 cm³/mol. The van der Waals surface area contributed by atoms with Crippen molar-refractivity contribution in [3.8, 4) is 0 Å². The molecule has 0 spiro atoms. The van der Waals surface area contributed by atoms with E-state index in [-0.39, 0.29) is 16.6 Å². The Morgan fingerprint density at radius 2 is 2.24 bits per heavy atom. The fourth-order valence-corrected chi connectivity index (χ4v) is 2.28. The van der Waals surface area contributed by atoms with Crippen molar-refractivity contribution in [3.63, 3.8) is 0 Å². The molecule has 1 aliphatic rings. The Morgan fingerprint density at radius 1 is 1.41 bits per heavy atom. The number of benzene rings is 1. The van der Waals surface area contributed by atoms with Crippen molar-refractivity contribution in [2.45, 2.75) is 25.5 Å². The van der Waals surface area contributed by atoms with Crippen LogP contribution in [0.5, 0.6) is 0 Å². The minimum atomic E-state index is -0.579. The average Bonchev–Trinajstić information content (AvgIpc) is 2.81. The first-order valence-electron chi connectivity index (χ1n) is 5.62. The van der Waals surface area contributed by atoms with Gasteiger partial charge in [-0.1, -0.05) is 0 Å². The van der Waals surface area contributed by atoms with Crippen molar-refractivity contribution in [3.05, 3.63) is 33.8 Å². The van der Waals surface area contributed by atoms with Gasteiger partial charge in [-0.3, -0.25) is 0 Å². The lowest BCUT2D eigenvalue weighted by atomic mass is 10.2. The zero-order chi connectivity index (χ0) is 12.3. The molecule has 1 N–H and O–H groups in total. The lowest BCUT2D eigenvalue weighted by Gasteiger charge is -2.12. The van der Waals surface area contributed by atoms with Crippen molar-refractivity contribution in [1.82, 2.24) is 5.32 Å². The van der Waals surface area contributed by atoms with Gasteiger partial charge in [-0.2, -0.15) is 0 Å². The highest BCUT2D eigenvalue weighted by molar-refractivity contribution is 9.10. The van der Waals surface area contributed by atoms with Gasteiger partial charge in [0.1, 0.15) is 11.6 Å². The molecule has 0 aliphatic carbocycles. The maximum absolute atomic E-state index is 13.6. The predicted octanol–water partition coefficient (Wildman–Crippen LogP) is 3.00. The molecular formula is C12H14BrF2NO. The van der Waals surface area contributed by atoms with Gasteiger partial charge >= 0.3 is 0 Å². The molecule has 1 atom stereocenters. The summed E-state index contributed by atoms with van der Waals surface area (Å²) in [6, 6.07) is 2.90. The topological polar surface area (TPSA) is 21.3 Å². The maximum atomic E-state index is 13.6. The lowest BCUT2D eigenvalue weighted by Crippen LogP contribution is -2.26. The molecule has 1 unspecified atom stereocenters. The van der Waals surface area contributed by atoms with Crippen LogP contribution in [0.4, 0.5) is 8.78 Å². The zero-order valence-corrected chi connectivity index (χ0v) is 10.9. The first-order chi connectivity index (χ1) is 8.18. The second-order valence-electron chi connectivity index (χ2n) is 4.13. The Morgan fingerprint density at radius 3 is 2.94 bits per heavy atom. The zero-order valence-electron chi connectivity index (χ0n) is 9.31. The van der Waals surface area contributed by atoms with Crippen molar-refractivity contribution in [2.24, 2.45) is 0 Å². The highest BCUT2D eigenvalue weighted by atomic mass is 79.9. The van der Waals surface area contributed by atoms with Gasteiger partial charge in [-0.25, -0.2) is 8.78 Å². The SMILES string of the molecule is Fc1ccc(Br)c(F)c1COCC1CCCN1. The van der Waals surface area contributed by atoms with Crippen LogP contribution in [0.2, 0.25) is 0 Å². The molecular weight excluding hydrogens is 292 g/mol. The number of nitrogens with one attached hydrogen (secondary N) is 1. The van der Waals surface area contributed by atoms with Gasteiger partial charge in [0.2, 0.25) is 0 Å². The van der Waals surface area contributed by atoms with E-state index in [1.165, 1.54) is 12.1 Å². The number of hydrogen-bond acceptors (Lipinski definition) is 2. The fraction of sp³-hybridized carbons (Fsp3) is 0.500. The molecule has 0 aromatic heterocycles. The number of halogens is 3. The van der Waals surface area contributed by atoms with Crippen LogP contribution in [0.15, 0.2) is 16.6 Å². The quantitative estimate of drug-likeness (QED) is 0.864. The van der Waals surface area contributed by atoms with Gasteiger partial charge in [-0.05, 0) is 47.4 Å². The van der Waals surface area contributed by atoms with Gasteiger partial charge in [0.05, 0.1) is 23.2 Å². The van der Waals surface area contributed by atoms with Crippen LogP contribution in [0.1, 0.15) is 18.4 Å². The van der Waals surface area contributed by atoms with Crippen LogP contribution in [-0.4, -0.2) is 19.2 Å². The summed E-state index contributed by atoms with van der Waals surface area (Å²) in [5.41, 5.74) is -0.0163. The molecule has 1 aromatic carbocycles. The summed E-state index contributed by atoms with van der Waals surface area (Å²) in [6.07, 6.45) is 2.19. The van der Waals surface area contributed by atoms with E-state index < -0.39 is 11.6 Å². The average molecular weight is 306 g/mol. The van der Waals surface area contributed by atoms with Gasteiger partial charge in [0.15, 0.2) is 0 Å². The van der Waals surface area contributed by atoms with E-state index in [4.69, 9.17) is 4.74 Å². The summed E-state index contributed by atoms with van der Waals surface area (Å²) in [7, 11) is 0. The van der Waals surface area contributed by atoms with Gasteiger partial charge in [0.25, 0.3) is 0 Å². The van der Waals surface area contributed by atoms with Gasteiger partial charge in [0, 0.05) is 6.04 Å². The third kappa shape index (κ3) is 3.24. The minimum absolute atomic E-state index is 0.0163. The smallest absolute Gasteiger partial charge is 0.145 e. The molecule has 0 amide bonds. The lowest BCUT2D eigenvalue weighted by molar-refractivity contribution is 0.0988. The number of rotatable bonds is 4. The summed E-state index contributed by atoms with van der Waals surface area (Å²) >= 11 is 3.03. The van der Waals surface area contributed by atoms with Crippen molar-refractivity contribution in [2.75, 3.05) is 13.2 Å². The van der Waals surface area contributed by atoms with Crippen LogP contribution < -0.4 is 5.32 Å². The molecule has 1 saturated heterocycles. The van der Waals surface area contributed by atoms with Crippen LogP contribution in [0.3, 0.4) is 0 Å². The Kier molecular flexibility index (Phi) is 4.48. The van der Waals surface area contributed by atoms with E-state index in [1.54, 1.807) is 0 Å². The Hall–Kier alpha value is -0.520. The molecule has 0 bridgehead atoms. The van der Waals surface area contributed by atoms with Gasteiger partial charge < -0.3 is 10.1 Å². The molecule has 5 heteroatoms. The molecule has 0 saturated carbocycles. The van der Waals surface area contributed by atoms with Crippen molar-refractivity contribution in [1.29, 1.82) is 0 Å². The third-order valence-corrected chi connectivity index (χ3v) is 3.48. The summed E-state index contributed by atoms with van der Waals surface area (Å²) in [5, 5.41) is 3.26. The Labute approximate surface area is 107 Å². The molecule has 1 heterocycles. The summed E-state index contributed by atoms with van der Waals surface area (Å²) in [6.45, 7) is 1.45. The molecule has 1 aliphatic heterocycles. The highest BCUT2D eigenvalue weighted by Crippen LogP contribution is 2.22. The number of ether oxygens (including phenoxy) is 1. The van der Waals surface area contributed by atoms with E-state index in [1.807, 2.05) is 0 Å². The molecule has 0 radical (unpaired) electrons. The van der Waals surface area contributed by atoms with E-state index in [9.17, 15) is 8.78 Å². The van der Waals surface area contributed by atoms with E-state index in [0.717, 1.165) is 19.4 Å². The first-order valence-corrected chi connectivity index (χ1v) is 6.41. The molecule has 1 aromatic rings. The van der Waals surface area contributed by atoms with Gasteiger partial charge in [-0.15, -0.1) is 0 Å². The van der Waals surface area contributed by atoms with E-state index in [2.05, 4.69) is 21.2 Å². The monoisotopic (exact) mass is 305 g/mol. The fourth-order valence-electron chi connectivity index (χ4n) is 1.90. The van der Waals surface area contributed by atoms with Crippen LogP contribution in [0, 0.1) is 11.6 Å². The minimum Gasteiger partial charge on any atom is -0.375 e. The third-order valence-electron chi connectivity index (χ3n) is 2.87. The van der Waals surface area contributed by atoms with Crippen LogP contribution in [-0.2, 0) is 11.3 Å². The maximum Gasteiger partial charge on any atom is 0.145 e. The Bertz CT molecular complexity index is 394. The molecule has 2 rings (SSSR count). The molecule has 2 nitrogen and oxygen atoms in total. The van der Waals surface area contributed by atoms with Crippen molar-refractivity contribution >= 4 is 15.9 Å². The van der Waals surface area contributed by atoms with Crippen LogP contribution in [0.25, 0.3) is 0 Å². The highest BCUT2D eigenvalue weighted by Gasteiger charge is 2.16. The van der Waals surface area contributed by atoms with E-state index in [0.29, 0.717) is 12.6 Å².